The van der Waals surface area contributed by atoms with Crippen molar-refractivity contribution in [3.8, 4) is 0 Å². The van der Waals surface area contributed by atoms with E-state index in [1.165, 1.54) is 12.2 Å². The van der Waals surface area contributed by atoms with Crippen molar-refractivity contribution in [2.75, 3.05) is 13.3 Å². The van der Waals surface area contributed by atoms with Crippen LogP contribution in [0.4, 0.5) is 4.39 Å². The number of alkyl halides is 1. The first-order valence-electron chi connectivity index (χ1n) is 5.09. The van der Waals surface area contributed by atoms with E-state index in [4.69, 9.17) is 5.11 Å². The molecule has 90 valence electrons. The van der Waals surface area contributed by atoms with E-state index in [0.717, 1.165) is 0 Å². The molecule has 1 N–H and O–H groups in total. The summed E-state index contributed by atoms with van der Waals surface area (Å²) >= 11 is 0. The maximum Gasteiger partial charge on any atom is 0.330 e. The molecule has 1 rings (SSSR count). The van der Waals surface area contributed by atoms with Gasteiger partial charge in [0.15, 0.2) is 0 Å². The summed E-state index contributed by atoms with van der Waals surface area (Å²) in [4.78, 5) is 21.9. The molecule has 0 aromatic rings. The van der Waals surface area contributed by atoms with Crippen LogP contribution in [0.25, 0.3) is 0 Å². The van der Waals surface area contributed by atoms with Crippen LogP contribution in [0.1, 0.15) is 13.8 Å². The van der Waals surface area contributed by atoms with Crippen LogP contribution >= 0.6 is 0 Å². The smallest absolute Gasteiger partial charge is 0.330 e. The van der Waals surface area contributed by atoms with Gasteiger partial charge in [0.1, 0.15) is 13.3 Å². The lowest BCUT2D eigenvalue weighted by atomic mass is 10.1. The van der Waals surface area contributed by atoms with Crippen LogP contribution in [0.2, 0.25) is 0 Å². The van der Waals surface area contributed by atoms with Crippen LogP contribution in [0.15, 0.2) is 12.2 Å². The standard InChI is InChI=1S/C11H15FO4/c1-7-8(11(7,2)10(14)15)3-4-9(13)16-6-5-12/h3-4,7-8H,5-6H2,1-2H3,(H,14,15). The Labute approximate surface area is 93.1 Å². The summed E-state index contributed by atoms with van der Waals surface area (Å²) in [6.45, 7) is 2.48. The average molecular weight is 230 g/mol. The number of carbonyl (C=O) groups excluding carboxylic acids is 1. The third kappa shape index (κ3) is 2.23. The topological polar surface area (TPSA) is 63.6 Å². The number of esters is 1. The van der Waals surface area contributed by atoms with E-state index in [0.29, 0.717) is 0 Å². The molecule has 0 amide bonds. The molecule has 3 unspecified atom stereocenters. The van der Waals surface area contributed by atoms with E-state index in [1.807, 2.05) is 6.92 Å². The Hall–Kier alpha value is -1.39. The van der Waals surface area contributed by atoms with E-state index in [9.17, 15) is 14.0 Å². The van der Waals surface area contributed by atoms with Gasteiger partial charge in [-0.05, 0) is 18.8 Å². The van der Waals surface area contributed by atoms with Gasteiger partial charge in [0.05, 0.1) is 5.41 Å². The second-order valence-corrected chi connectivity index (χ2v) is 4.12. The highest BCUT2D eigenvalue weighted by Gasteiger charge is 2.62. The molecule has 5 heteroatoms. The largest absolute Gasteiger partial charge is 0.481 e. The summed E-state index contributed by atoms with van der Waals surface area (Å²) in [5.41, 5.74) is -0.795. The summed E-state index contributed by atoms with van der Waals surface area (Å²) in [6, 6.07) is 0. The van der Waals surface area contributed by atoms with Gasteiger partial charge in [-0.3, -0.25) is 4.79 Å². The van der Waals surface area contributed by atoms with Gasteiger partial charge in [-0.25, -0.2) is 9.18 Å². The van der Waals surface area contributed by atoms with Crippen molar-refractivity contribution in [1.82, 2.24) is 0 Å². The van der Waals surface area contributed by atoms with Crippen molar-refractivity contribution in [1.29, 1.82) is 0 Å². The zero-order chi connectivity index (χ0) is 12.3. The lowest BCUT2D eigenvalue weighted by Crippen LogP contribution is -2.13. The minimum atomic E-state index is -0.869. The fraction of sp³-hybridized carbons (Fsp3) is 0.636. The maximum atomic E-state index is 11.7. The Balaban J connectivity index is 2.48. The second kappa shape index (κ2) is 4.63. The monoisotopic (exact) mass is 230 g/mol. The fourth-order valence-electron chi connectivity index (χ4n) is 1.84. The van der Waals surface area contributed by atoms with Crippen molar-refractivity contribution >= 4 is 11.9 Å². The van der Waals surface area contributed by atoms with Crippen molar-refractivity contribution in [3.63, 3.8) is 0 Å². The van der Waals surface area contributed by atoms with E-state index in [2.05, 4.69) is 4.74 Å². The lowest BCUT2D eigenvalue weighted by molar-refractivity contribution is -0.143. The molecule has 3 atom stereocenters. The van der Waals surface area contributed by atoms with E-state index in [1.54, 1.807) is 6.92 Å². The third-order valence-electron chi connectivity index (χ3n) is 3.29. The van der Waals surface area contributed by atoms with E-state index in [-0.39, 0.29) is 18.4 Å². The van der Waals surface area contributed by atoms with Crippen molar-refractivity contribution in [2.45, 2.75) is 13.8 Å². The Morgan fingerprint density at radius 2 is 2.19 bits per heavy atom. The SMILES string of the molecule is CC1C(C=CC(=O)OCCF)C1(C)C(=O)O. The predicted molar refractivity (Wildman–Crippen MR) is 54.5 cm³/mol. The minimum absolute atomic E-state index is 0.00442. The van der Waals surface area contributed by atoms with Gasteiger partial charge in [0.25, 0.3) is 0 Å². The first kappa shape index (κ1) is 12.7. The molecule has 1 aliphatic carbocycles. The Morgan fingerprint density at radius 1 is 1.56 bits per heavy atom. The average Bonchev–Trinajstić information content (AvgIpc) is 2.77. The van der Waals surface area contributed by atoms with Crippen LogP contribution in [-0.2, 0) is 14.3 Å². The number of aliphatic carboxylic acids is 1. The maximum absolute atomic E-state index is 11.7. The Bertz CT molecular complexity index is 326. The van der Waals surface area contributed by atoms with Gasteiger partial charge in [-0.1, -0.05) is 13.0 Å². The minimum Gasteiger partial charge on any atom is -0.481 e. The van der Waals surface area contributed by atoms with Crippen molar-refractivity contribution < 1.29 is 23.8 Å². The summed E-state index contributed by atoms with van der Waals surface area (Å²) < 4.78 is 16.2. The molecule has 0 saturated heterocycles. The molecule has 0 bridgehead atoms. The molecule has 0 aromatic heterocycles. The fourth-order valence-corrected chi connectivity index (χ4v) is 1.84. The molecule has 0 aromatic carbocycles. The van der Waals surface area contributed by atoms with Crippen LogP contribution < -0.4 is 0 Å². The molecule has 0 spiro atoms. The zero-order valence-electron chi connectivity index (χ0n) is 9.27. The lowest BCUT2D eigenvalue weighted by Gasteiger charge is -2.01. The molecule has 16 heavy (non-hydrogen) atoms. The number of carbonyl (C=O) groups is 2. The number of hydrogen-bond donors (Lipinski definition) is 1. The van der Waals surface area contributed by atoms with E-state index >= 15 is 0 Å². The number of halogens is 1. The molecular formula is C11H15FO4. The molecule has 1 saturated carbocycles. The molecule has 0 heterocycles. The Kier molecular flexibility index (Phi) is 3.67. The van der Waals surface area contributed by atoms with Gasteiger partial charge in [-0.15, -0.1) is 0 Å². The Morgan fingerprint density at radius 3 is 2.62 bits per heavy atom. The quantitative estimate of drug-likeness (QED) is 0.573. The number of hydrogen-bond acceptors (Lipinski definition) is 3. The van der Waals surface area contributed by atoms with Crippen molar-refractivity contribution in [2.24, 2.45) is 17.3 Å². The second-order valence-electron chi connectivity index (χ2n) is 4.12. The first-order chi connectivity index (χ1) is 7.44. The number of allylic oxidation sites excluding steroid dienone is 1. The van der Waals surface area contributed by atoms with Gasteiger partial charge in [-0.2, -0.15) is 0 Å². The summed E-state index contributed by atoms with van der Waals surface area (Å²) in [6.07, 6.45) is 2.70. The van der Waals surface area contributed by atoms with Gasteiger partial charge >= 0.3 is 11.9 Å². The predicted octanol–water partition coefficient (Wildman–Crippen LogP) is 1.41. The van der Waals surface area contributed by atoms with Gasteiger partial charge in [0, 0.05) is 6.08 Å². The zero-order valence-corrected chi connectivity index (χ0v) is 9.27. The molecular weight excluding hydrogens is 215 g/mol. The van der Waals surface area contributed by atoms with Crippen molar-refractivity contribution in [3.05, 3.63) is 12.2 Å². The number of ether oxygens (including phenoxy) is 1. The van der Waals surface area contributed by atoms with Crippen LogP contribution in [0.3, 0.4) is 0 Å². The number of rotatable bonds is 5. The summed E-state index contributed by atoms with van der Waals surface area (Å²) in [5, 5.41) is 8.96. The molecule has 0 aliphatic heterocycles. The highest BCUT2D eigenvalue weighted by atomic mass is 19.1. The van der Waals surface area contributed by atoms with Crippen LogP contribution in [0.5, 0.6) is 0 Å². The van der Waals surface area contributed by atoms with Gasteiger partial charge < -0.3 is 9.84 Å². The number of carboxylic acid groups (broad SMARTS) is 1. The molecule has 4 nitrogen and oxygen atoms in total. The summed E-state index contributed by atoms with van der Waals surface area (Å²) in [5.74, 6) is -1.67. The number of carboxylic acids is 1. The molecule has 1 aliphatic rings. The summed E-state index contributed by atoms with van der Waals surface area (Å²) in [7, 11) is 0. The van der Waals surface area contributed by atoms with Crippen LogP contribution in [0, 0.1) is 17.3 Å². The highest BCUT2D eigenvalue weighted by Crippen LogP contribution is 2.59. The first-order valence-corrected chi connectivity index (χ1v) is 5.09. The van der Waals surface area contributed by atoms with Gasteiger partial charge in [0.2, 0.25) is 0 Å². The van der Waals surface area contributed by atoms with E-state index < -0.39 is 24.0 Å². The highest BCUT2D eigenvalue weighted by molar-refractivity contribution is 5.83. The molecule has 0 radical (unpaired) electrons. The third-order valence-corrected chi connectivity index (χ3v) is 3.29. The molecule has 1 fully saturated rings. The normalized spacial score (nSPS) is 32.7. The van der Waals surface area contributed by atoms with Crippen LogP contribution in [-0.4, -0.2) is 30.3 Å².